The van der Waals surface area contributed by atoms with Crippen LogP contribution in [0.5, 0.6) is 11.5 Å². The summed E-state index contributed by atoms with van der Waals surface area (Å²) in [4.78, 5) is 182. The second-order valence-electron chi connectivity index (χ2n) is 31.7. The first-order valence-corrected chi connectivity index (χ1v) is 46.2. The Bertz CT molecular complexity index is 4960. The number of phenolic OH excluding ortho intramolecular Hbond substituents is 1. The quantitative estimate of drug-likeness (QED) is 0.0151. The first kappa shape index (κ1) is 97.1. The molecular formula is C85H110ClN15O20S4. The zero-order chi connectivity index (χ0) is 90.7. The number of rotatable bonds is 27. The lowest BCUT2D eigenvalue weighted by Crippen LogP contribution is -2.63. The lowest BCUT2D eigenvalue weighted by molar-refractivity contribution is -0.162. The van der Waals surface area contributed by atoms with Gasteiger partial charge >= 0.3 is 12.1 Å². The lowest BCUT2D eigenvalue weighted by Gasteiger charge is -2.42. The van der Waals surface area contributed by atoms with Gasteiger partial charge in [0.15, 0.2) is 5.72 Å². The normalized spacial score (nSPS) is 26.2. The van der Waals surface area contributed by atoms with Crippen LogP contribution in [0.2, 0.25) is 5.02 Å². The summed E-state index contributed by atoms with van der Waals surface area (Å²) in [5.41, 5.74) is 20.2. The highest BCUT2D eigenvalue weighted by Crippen LogP contribution is 2.50. The number of methoxy groups -OCH3 is 2. The summed E-state index contributed by atoms with van der Waals surface area (Å²) >= 11 is 6.90. The predicted molar refractivity (Wildman–Crippen MR) is 476 cm³/mol. The van der Waals surface area contributed by atoms with Crippen molar-refractivity contribution in [3.05, 3.63) is 148 Å². The number of phenols is 1. The van der Waals surface area contributed by atoms with E-state index in [1.165, 1.54) is 71.3 Å². The zero-order valence-electron chi connectivity index (χ0n) is 70.7. The van der Waals surface area contributed by atoms with E-state index in [1.54, 1.807) is 68.7 Å². The minimum atomic E-state index is -1.96. The van der Waals surface area contributed by atoms with E-state index >= 15 is 14.4 Å². The Hall–Kier alpha value is -10.1. The molecule has 10 rings (SSSR count). The fourth-order valence-electron chi connectivity index (χ4n) is 15.0. The molecule has 0 saturated carbocycles. The topological polar surface area (TPSA) is 527 Å². The number of nitrogens with zero attached hydrogens (tertiary/aromatic N) is 2. The number of likely N-dealkylation sites (N-methyl/N-ethyl adjacent to an activating group) is 1. The first-order chi connectivity index (χ1) is 59.5. The lowest BCUT2D eigenvalue weighted by atomic mass is 9.83. The number of aliphatic hydroxyl groups is 2. The average Bonchev–Trinajstić information content (AvgIpc) is 1.57. The number of aliphatic hydroxyl groups excluding tert-OH is 1. The van der Waals surface area contributed by atoms with Crippen molar-refractivity contribution in [2.24, 2.45) is 23.1 Å². The summed E-state index contributed by atoms with van der Waals surface area (Å²) in [7, 11) is 9.71. The second kappa shape index (κ2) is 44.4. The molecule has 0 spiro atoms. The van der Waals surface area contributed by atoms with E-state index in [0.29, 0.717) is 46.0 Å². The van der Waals surface area contributed by atoms with Crippen molar-refractivity contribution in [3.63, 3.8) is 0 Å². The molecule has 4 aromatic carbocycles. The summed E-state index contributed by atoms with van der Waals surface area (Å²) in [6.07, 6.45) is 1.37. The van der Waals surface area contributed by atoms with Gasteiger partial charge < -0.3 is 113 Å². The monoisotopic (exact) mass is 1820 g/mol. The molecule has 19 N–H and O–H groups in total. The molecule has 2 aromatic heterocycles. The van der Waals surface area contributed by atoms with Gasteiger partial charge in [-0.25, -0.2) is 9.59 Å². The largest absolute Gasteiger partial charge is 0.508 e. The molecule has 0 aliphatic carbocycles. The molecule has 0 radical (unpaired) electrons. The van der Waals surface area contributed by atoms with Gasteiger partial charge in [-0.1, -0.05) is 134 Å². The highest BCUT2D eigenvalue weighted by atomic mass is 35.5. The fraction of sp³-hybridized carbons (Fsp3) is 0.482. The Morgan fingerprint density at radius 2 is 1.46 bits per heavy atom. The van der Waals surface area contributed by atoms with E-state index in [4.69, 9.17) is 52.5 Å². The molecule has 3 saturated heterocycles. The number of unbranched alkanes of at least 4 members (excludes halogenated alkanes) is 1. The number of benzene rings is 4. The molecule has 4 aliphatic rings. The summed E-state index contributed by atoms with van der Waals surface area (Å²) in [5, 5.41) is 56.6. The molecule has 3 fully saturated rings. The van der Waals surface area contributed by atoms with Crippen LogP contribution in [-0.2, 0) is 97.4 Å². The van der Waals surface area contributed by atoms with E-state index in [2.05, 4.69) is 52.5 Å². The van der Waals surface area contributed by atoms with Crippen molar-refractivity contribution in [2.75, 3.05) is 62.8 Å². The molecule has 4 bridgehead atoms. The van der Waals surface area contributed by atoms with Crippen LogP contribution in [0.15, 0.2) is 121 Å². The van der Waals surface area contributed by atoms with Gasteiger partial charge in [-0.2, -0.15) is 0 Å². The number of carbonyl (C=O) groups is 12. The maximum Gasteiger partial charge on any atom is 0.409 e. The number of alkyl carbamates (subject to hydrolysis) is 1. The number of nitrogens with two attached hydrogens (primary N) is 3. The van der Waals surface area contributed by atoms with E-state index in [9.17, 15) is 58.5 Å². The molecular weight excluding hydrogens is 1710 g/mol. The highest BCUT2D eigenvalue weighted by molar-refractivity contribution is 8.77. The van der Waals surface area contributed by atoms with Gasteiger partial charge in [0.1, 0.15) is 88.8 Å². The smallest absolute Gasteiger partial charge is 0.409 e. The average molecular weight is 1830 g/mol. The number of carbonyl (C=O) groups excluding carboxylic acids is 12. The third-order valence-corrected chi connectivity index (χ3v) is 27.8. The van der Waals surface area contributed by atoms with E-state index in [0.717, 1.165) is 64.6 Å². The van der Waals surface area contributed by atoms with Crippen molar-refractivity contribution < 1.29 is 96.5 Å². The Kier molecular flexibility index (Phi) is 34.5. The van der Waals surface area contributed by atoms with Crippen LogP contribution in [0.1, 0.15) is 95.4 Å². The van der Waals surface area contributed by atoms with Crippen LogP contribution in [0.4, 0.5) is 10.5 Å². The molecule has 40 heteroatoms. The zero-order valence-corrected chi connectivity index (χ0v) is 74.7. The van der Waals surface area contributed by atoms with Crippen molar-refractivity contribution in [2.45, 2.75) is 195 Å². The Morgan fingerprint density at radius 3 is 2.13 bits per heavy atom. The highest BCUT2D eigenvalue weighted by Gasteiger charge is 2.65. The number of epoxide rings is 1. The molecule has 11 amide bonds. The summed E-state index contributed by atoms with van der Waals surface area (Å²) in [5.74, 6) is -10.8. The minimum absolute atomic E-state index is 0.0137. The Morgan fingerprint density at radius 1 is 0.824 bits per heavy atom. The Balaban J connectivity index is 0.850. The minimum Gasteiger partial charge on any atom is -0.508 e. The van der Waals surface area contributed by atoms with Crippen molar-refractivity contribution in [1.82, 2.24) is 57.4 Å². The summed E-state index contributed by atoms with van der Waals surface area (Å²) in [6.45, 7) is 8.07. The maximum atomic E-state index is 15.1. The van der Waals surface area contributed by atoms with Crippen LogP contribution < -0.4 is 69.4 Å². The summed E-state index contributed by atoms with van der Waals surface area (Å²) in [6, 6.07) is 10.5. The third kappa shape index (κ3) is 25.4. The number of fused-ring (bicyclic) bond motifs is 7. The molecule has 6 aromatic rings. The molecule has 4 aliphatic heterocycles. The van der Waals surface area contributed by atoms with Gasteiger partial charge in [0.05, 0.1) is 37.5 Å². The molecule has 6 heterocycles. The number of para-hydroxylation sites is 2. The number of nitrogens with one attached hydrogen (secondary N) is 10. The number of primary amides is 1. The van der Waals surface area contributed by atoms with Crippen molar-refractivity contribution in [1.29, 1.82) is 0 Å². The van der Waals surface area contributed by atoms with Crippen molar-refractivity contribution in [3.8, 4) is 11.5 Å². The molecule has 676 valence electrons. The van der Waals surface area contributed by atoms with Crippen LogP contribution >= 0.6 is 54.8 Å². The first-order valence-electron chi connectivity index (χ1n) is 40.8. The predicted octanol–water partition coefficient (Wildman–Crippen LogP) is 3.79. The van der Waals surface area contributed by atoms with Gasteiger partial charge in [0.2, 0.25) is 59.1 Å². The van der Waals surface area contributed by atoms with Crippen LogP contribution in [-0.4, -0.2) is 255 Å². The van der Waals surface area contributed by atoms with Crippen LogP contribution in [0, 0.1) is 5.92 Å². The number of esters is 1. The number of allylic oxidation sites excluding steroid dienone is 3. The number of aromatic amines is 2. The molecule has 17 atom stereocenters. The van der Waals surface area contributed by atoms with Crippen LogP contribution in [0.25, 0.3) is 21.8 Å². The third-order valence-electron chi connectivity index (χ3n) is 22.6. The van der Waals surface area contributed by atoms with Crippen LogP contribution in [0.3, 0.4) is 0 Å². The Labute approximate surface area is 743 Å². The SMILES string of the molecule is COc1cc2cc(c1Cl)N(C)C(=O)C[C@H](OC(=O)[C@H](C)N(C)C(=O)CCSSC[C@H](NC(=O)[C@@H]1CSSC[C@H](NC(=O)[C@H](N)Cc3c[nH]c4ccccc34)C(=O)N[C@@H](Cc3ccc(O)cc3)C(=O)N[C@H](Cc3c[nH]c4ccccc34)C(=O)N[C@@H](CCCCN)C(=O)N[C@@H]([C@@H](C)O)C(=O)N1)C(N)=O)[C@]1(C)O[C@H]1[C@H](C)[C@@H]1C[C@@](O)(NC(=O)O1)[C@H](OC)/C=C/C=C(\C)C2. The number of halogens is 1. The number of anilines is 1. The van der Waals surface area contributed by atoms with Crippen molar-refractivity contribution >= 4 is 153 Å². The molecule has 125 heavy (non-hydrogen) atoms. The number of ether oxygens (including phenoxy) is 5. The standard InChI is InChI=1S/C85H110ClN15O20S4/c1-44-17-16-23-67(118-9)85(116)38-66(119-83(115)99-85)45(2)73-84(5,121-73)68(37-70(105)101(7)64-33-49(31-44)34-65(117-8)71(64)86)120-82(114)46(3)100(6)69(104)28-30-122-123-41-61(74(89)106)95-80(112)63-43-125-124-42-62(96-75(107)55(88)35-50-39-90-56-20-12-10-18-53(50)56)79(111)93-59(32-48-24-26-52(103)27-25-48)77(109)94-60(36-51-40-91-57-21-13-11-19-54(51)57)78(110)92-58(22-14-15-29-87)76(108)98-72(47(4)102)81(113)97-63/h10-13,16-21,23-27,33-34,39-40,45-47,55,58-63,66-68,72-73,90-91,102-103,116H,14-15,22,28-32,35-38,41-43,87-88H2,1-9H3,(H2,89,106)(H,92,110)(H,93,111)(H,94,109)(H,95,112)(H,96,107)(H,97,113)(H,98,108)(H,99,115)/b23-16+,44-17+/t45-,46+,47-,55-,58+,59+,60-,61+,62+,63+,66+,67-,68+,72+,73+,84+,85+/m1/s1. The van der Waals surface area contributed by atoms with Gasteiger partial charge in [-0.3, -0.25) is 53.3 Å². The maximum absolute atomic E-state index is 15.1. The van der Waals surface area contributed by atoms with Gasteiger partial charge in [-0.15, -0.1) is 0 Å². The number of hydrogen-bond donors (Lipinski definition) is 16. The fourth-order valence-corrected chi connectivity index (χ4v) is 19.8. The number of amides is 11. The number of aromatic hydroxyl groups is 1. The number of H-pyrrole nitrogens is 2. The molecule has 0 unspecified atom stereocenters. The second-order valence-corrected chi connectivity index (χ2v) is 37.3. The summed E-state index contributed by atoms with van der Waals surface area (Å²) < 4.78 is 29.7. The molecule has 35 nitrogen and oxygen atoms in total. The van der Waals surface area contributed by atoms with E-state index in [-0.39, 0.29) is 96.7 Å². The number of aromatic nitrogens is 2. The van der Waals surface area contributed by atoms with Gasteiger partial charge in [0.25, 0.3) is 0 Å². The van der Waals surface area contributed by atoms with E-state index < -0.39 is 180 Å². The van der Waals surface area contributed by atoms with E-state index in [1.807, 2.05) is 43.3 Å². The number of hydrogen-bond acceptors (Lipinski definition) is 26. The van der Waals surface area contributed by atoms with Gasteiger partial charge in [-0.05, 0) is 125 Å². The van der Waals surface area contributed by atoms with Gasteiger partial charge in [0, 0.05) is 110 Å².